The third-order valence-electron chi connectivity index (χ3n) is 3.96. The molecule has 1 unspecified atom stereocenters. The number of aryl methyl sites for hydroxylation is 1. The van der Waals surface area contributed by atoms with Gasteiger partial charge >= 0.3 is 5.97 Å². The third-order valence-corrected chi connectivity index (χ3v) is 3.96. The van der Waals surface area contributed by atoms with E-state index in [-0.39, 0.29) is 0 Å². The van der Waals surface area contributed by atoms with E-state index in [0.717, 1.165) is 16.7 Å². The average molecular weight is 268 g/mol. The van der Waals surface area contributed by atoms with Crippen molar-refractivity contribution < 1.29 is 14.6 Å². The Morgan fingerprint density at radius 1 is 1.20 bits per heavy atom. The first-order valence-corrected chi connectivity index (χ1v) is 6.67. The van der Waals surface area contributed by atoms with Crippen molar-refractivity contribution >= 4 is 5.97 Å². The van der Waals surface area contributed by atoms with Gasteiger partial charge in [0.1, 0.15) is 11.2 Å². The van der Waals surface area contributed by atoms with E-state index in [1.807, 2.05) is 55.5 Å². The molecule has 3 nitrogen and oxygen atoms in total. The lowest BCUT2D eigenvalue weighted by Gasteiger charge is -2.36. The van der Waals surface area contributed by atoms with Gasteiger partial charge in [-0.2, -0.15) is 0 Å². The maximum atomic E-state index is 12.1. The molecule has 1 aliphatic heterocycles. The van der Waals surface area contributed by atoms with Crippen LogP contribution in [0, 0.1) is 6.92 Å². The van der Waals surface area contributed by atoms with Crippen molar-refractivity contribution in [3.8, 4) is 5.75 Å². The summed E-state index contributed by atoms with van der Waals surface area (Å²) in [7, 11) is 0. The smallest absolute Gasteiger partial charge is 0.318 e. The fraction of sp³-hybridized carbons (Fsp3) is 0.235. The van der Waals surface area contributed by atoms with Crippen molar-refractivity contribution in [1.29, 1.82) is 0 Å². The van der Waals surface area contributed by atoms with E-state index in [1.54, 1.807) is 0 Å². The van der Waals surface area contributed by atoms with E-state index >= 15 is 0 Å². The highest BCUT2D eigenvalue weighted by molar-refractivity contribution is 5.87. The minimum atomic E-state index is -1.01. The SMILES string of the molecule is Cc1ccc2c(c1)C(C(=O)O)(c1ccccc1)CCO2. The Hall–Kier alpha value is -2.29. The van der Waals surface area contributed by atoms with Crippen molar-refractivity contribution in [2.45, 2.75) is 18.8 Å². The number of rotatable bonds is 2. The second kappa shape index (κ2) is 4.67. The fourth-order valence-electron chi connectivity index (χ4n) is 2.92. The summed E-state index contributed by atoms with van der Waals surface area (Å²) in [6.45, 7) is 2.38. The van der Waals surface area contributed by atoms with Crippen LogP contribution in [0.2, 0.25) is 0 Å². The Morgan fingerprint density at radius 3 is 2.65 bits per heavy atom. The van der Waals surface area contributed by atoms with Gasteiger partial charge in [0.05, 0.1) is 6.61 Å². The van der Waals surface area contributed by atoms with Crippen LogP contribution >= 0.6 is 0 Å². The summed E-state index contributed by atoms with van der Waals surface area (Å²) in [6.07, 6.45) is 0.447. The van der Waals surface area contributed by atoms with Crippen molar-refractivity contribution in [3.63, 3.8) is 0 Å². The highest BCUT2D eigenvalue weighted by atomic mass is 16.5. The van der Waals surface area contributed by atoms with Crippen LogP contribution in [0.25, 0.3) is 0 Å². The van der Waals surface area contributed by atoms with Crippen molar-refractivity contribution in [1.82, 2.24) is 0 Å². The molecule has 20 heavy (non-hydrogen) atoms. The maximum Gasteiger partial charge on any atom is 0.318 e. The van der Waals surface area contributed by atoms with Gasteiger partial charge in [0.2, 0.25) is 0 Å². The molecule has 1 N–H and O–H groups in total. The molecule has 0 radical (unpaired) electrons. The standard InChI is InChI=1S/C17H16O3/c1-12-7-8-15-14(11-12)17(16(18)19,9-10-20-15)13-5-3-2-4-6-13/h2-8,11H,9-10H2,1H3,(H,18,19). The van der Waals surface area contributed by atoms with E-state index in [4.69, 9.17) is 4.74 Å². The minimum Gasteiger partial charge on any atom is -0.493 e. The van der Waals surface area contributed by atoms with Crippen molar-refractivity contribution in [2.24, 2.45) is 0 Å². The molecule has 0 amide bonds. The number of hydrogen-bond acceptors (Lipinski definition) is 2. The topological polar surface area (TPSA) is 46.5 Å². The van der Waals surface area contributed by atoms with Crippen LogP contribution < -0.4 is 4.74 Å². The van der Waals surface area contributed by atoms with Crippen LogP contribution in [0.5, 0.6) is 5.75 Å². The lowest BCUT2D eigenvalue weighted by Crippen LogP contribution is -2.41. The van der Waals surface area contributed by atoms with E-state index in [9.17, 15) is 9.90 Å². The van der Waals surface area contributed by atoms with Gasteiger partial charge in [-0.15, -0.1) is 0 Å². The molecule has 0 saturated carbocycles. The predicted molar refractivity (Wildman–Crippen MR) is 76.1 cm³/mol. The van der Waals surface area contributed by atoms with Gasteiger partial charge in [0.15, 0.2) is 0 Å². The maximum absolute atomic E-state index is 12.1. The molecule has 0 aromatic heterocycles. The Balaban J connectivity index is 2.29. The molecule has 0 bridgehead atoms. The molecular weight excluding hydrogens is 252 g/mol. The lowest BCUT2D eigenvalue weighted by molar-refractivity contribution is -0.143. The summed E-state index contributed by atoms with van der Waals surface area (Å²) in [6, 6.07) is 15.2. The van der Waals surface area contributed by atoms with Gasteiger partial charge in [0.25, 0.3) is 0 Å². The number of carboxylic acids is 1. The van der Waals surface area contributed by atoms with Crippen LogP contribution in [0.3, 0.4) is 0 Å². The summed E-state index contributed by atoms with van der Waals surface area (Å²) in [5, 5.41) is 9.92. The summed E-state index contributed by atoms with van der Waals surface area (Å²) >= 11 is 0. The molecule has 1 heterocycles. The van der Waals surface area contributed by atoms with Gasteiger partial charge in [-0.3, -0.25) is 4.79 Å². The Bertz CT molecular complexity index is 649. The van der Waals surface area contributed by atoms with Crippen molar-refractivity contribution in [3.05, 3.63) is 65.2 Å². The summed E-state index contributed by atoms with van der Waals surface area (Å²) in [4.78, 5) is 12.1. The fourth-order valence-corrected chi connectivity index (χ4v) is 2.92. The largest absolute Gasteiger partial charge is 0.493 e. The highest BCUT2D eigenvalue weighted by Gasteiger charge is 2.46. The molecule has 2 aromatic rings. The predicted octanol–water partition coefficient (Wildman–Crippen LogP) is 3.15. The number of carbonyl (C=O) groups is 1. The Kier molecular flexibility index (Phi) is 2.97. The number of hydrogen-bond donors (Lipinski definition) is 1. The molecular formula is C17H16O3. The van der Waals surface area contributed by atoms with E-state index in [2.05, 4.69) is 0 Å². The molecule has 0 saturated heterocycles. The van der Waals surface area contributed by atoms with Crippen LogP contribution in [0.1, 0.15) is 23.1 Å². The van der Waals surface area contributed by atoms with E-state index in [0.29, 0.717) is 18.8 Å². The second-order valence-corrected chi connectivity index (χ2v) is 5.17. The van der Waals surface area contributed by atoms with E-state index < -0.39 is 11.4 Å². The molecule has 1 atom stereocenters. The zero-order chi connectivity index (χ0) is 14.2. The van der Waals surface area contributed by atoms with Gasteiger partial charge in [-0.25, -0.2) is 0 Å². The molecule has 102 valence electrons. The number of benzene rings is 2. The van der Waals surface area contributed by atoms with Gasteiger partial charge in [-0.1, -0.05) is 48.0 Å². The monoisotopic (exact) mass is 268 g/mol. The molecule has 0 fully saturated rings. The van der Waals surface area contributed by atoms with Crippen molar-refractivity contribution in [2.75, 3.05) is 6.61 Å². The molecule has 1 aliphatic rings. The van der Waals surface area contributed by atoms with Crippen LogP contribution in [-0.4, -0.2) is 17.7 Å². The van der Waals surface area contributed by atoms with Gasteiger partial charge < -0.3 is 9.84 Å². The van der Waals surface area contributed by atoms with Crippen LogP contribution in [-0.2, 0) is 10.2 Å². The second-order valence-electron chi connectivity index (χ2n) is 5.17. The number of fused-ring (bicyclic) bond motifs is 1. The Morgan fingerprint density at radius 2 is 1.95 bits per heavy atom. The van der Waals surface area contributed by atoms with Gasteiger partial charge in [0, 0.05) is 12.0 Å². The lowest BCUT2D eigenvalue weighted by atomic mass is 9.70. The molecule has 0 spiro atoms. The molecule has 3 heteroatoms. The zero-order valence-corrected chi connectivity index (χ0v) is 11.3. The first-order chi connectivity index (χ1) is 9.64. The Labute approximate surface area is 117 Å². The number of ether oxygens (including phenoxy) is 1. The molecule has 3 rings (SSSR count). The summed E-state index contributed by atoms with van der Waals surface area (Å²) < 4.78 is 5.64. The summed E-state index contributed by atoms with van der Waals surface area (Å²) in [5.74, 6) is -0.146. The number of carboxylic acid groups (broad SMARTS) is 1. The first-order valence-electron chi connectivity index (χ1n) is 6.67. The summed E-state index contributed by atoms with van der Waals surface area (Å²) in [5.41, 5.74) is 1.59. The average Bonchev–Trinajstić information content (AvgIpc) is 2.47. The van der Waals surface area contributed by atoms with Crippen LogP contribution in [0.4, 0.5) is 0 Å². The first kappa shape index (κ1) is 12.7. The normalized spacial score (nSPS) is 20.9. The highest BCUT2D eigenvalue weighted by Crippen LogP contribution is 2.44. The minimum absolute atomic E-state index is 0.414. The van der Waals surface area contributed by atoms with Gasteiger partial charge in [-0.05, 0) is 18.6 Å². The number of aliphatic carboxylic acids is 1. The van der Waals surface area contributed by atoms with Crippen LogP contribution in [0.15, 0.2) is 48.5 Å². The molecule has 0 aliphatic carbocycles. The quantitative estimate of drug-likeness (QED) is 0.910. The molecule has 2 aromatic carbocycles. The van der Waals surface area contributed by atoms with E-state index in [1.165, 1.54) is 0 Å². The zero-order valence-electron chi connectivity index (χ0n) is 11.3. The third kappa shape index (κ3) is 1.78.